The molecule has 0 saturated carbocycles. The Labute approximate surface area is 129 Å². The number of benzene rings is 1. The Kier molecular flexibility index (Phi) is 5.89. The summed E-state index contributed by atoms with van der Waals surface area (Å²) in [6.45, 7) is 6.53. The highest BCUT2D eigenvalue weighted by molar-refractivity contribution is 7.11. The van der Waals surface area contributed by atoms with Crippen LogP contribution >= 0.6 is 22.9 Å². The van der Waals surface area contributed by atoms with Crippen LogP contribution in [0.15, 0.2) is 30.3 Å². The van der Waals surface area contributed by atoms with Crippen molar-refractivity contribution in [2.45, 2.75) is 33.4 Å². The first-order chi connectivity index (χ1) is 9.74. The van der Waals surface area contributed by atoms with Gasteiger partial charge in [-0.2, -0.15) is 0 Å². The Morgan fingerprint density at radius 1 is 1.15 bits per heavy atom. The predicted molar refractivity (Wildman–Crippen MR) is 86.9 cm³/mol. The van der Waals surface area contributed by atoms with E-state index in [9.17, 15) is 0 Å². The molecule has 0 amide bonds. The third kappa shape index (κ3) is 3.98. The van der Waals surface area contributed by atoms with E-state index in [0.717, 1.165) is 30.8 Å². The zero-order chi connectivity index (χ0) is 14.4. The average molecular weight is 310 g/mol. The summed E-state index contributed by atoms with van der Waals surface area (Å²) in [6, 6.07) is 10.2. The zero-order valence-electron chi connectivity index (χ0n) is 11.9. The van der Waals surface area contributed by atoms with Gasteiger partial charge in [0.1, 0.15) is 12.4 Å². The van der Waals surface area contributed by atoms with Gasteiger partial charge in [-0.15, -0.1) is 11.3 Å². The van der Waals surface area contributed by atoms with E-state index in [1.807, 2.05) is 12.1 Å². The van der Waals surface area contributed by atoms with Crippen LogP contribution in [0, 0.1) is 0 Å². The van der Waals surface area contributed by atoms with E-state index in [-0.39, 0.29) is 0 Å². The lowest BCUT2D eigenvalue weighted by Gasteiger charge is -2.12. The van der Waals surface area contributed by atoms with Gasteiger partial charge in [-0.05, 0) is 31.2 Å². The van der Waals surface area contributed by atoms with Crippen molar-refractivity contribution in [1.29, 1.82) is 0 Å². The maximum absolute atomic E-state index is 6.26. The molecular formula is C16H20ClNOS. The molecule has 0 atom stereocenters. The minimum atomic E-state index is 0.577. The number of aryl methyl sites for hydroxylation is 1. The fourth-order valence-electron chi connectivity index (χ4n) is 1.95. The summed E-state index contributed by atoms with van der Waals surface area (Å²) < 4.78 is 5.95. The molecule has 108 valence electrons. The highest BCUT2D eigenvalue weighted by Gasteiger charge is 2.09. The van der Waals surface area contributed by atoms with Crippen molar-refractivity contribution in [1.82, 2.24) is 5.32 Å². The smallest absolute Gasteiger partial charge is 0.142 e. The summed E-state index contributed by atoms with van der Waals surface area (Å²) >= 11 is 8.06. The maximum atomic E-state index is 6.26. The van der Waals surface area contributed by atoms with Gasteiger partial charge in [0.25, 0.3) is 0 Å². The molecule has 0 aliphatic heterocycles. The fraction of sp³-hybridized carbons (Fsp3) is 0.375. The fourth-order valence-corrected chi connectivity index (χ4v) is 3.07. The molecular weight excluding hydrogens is 290 g/mol. The Bertz CT molecular complexity index is 553. The van der Waals surface area contributed by atoms with E-state index < -0.39 is 0 Å². The lowest BCUT2D eigenvalue weighted by atomic mass is 10.2. The van der Waals surface area contributed by atoms with Gasteiger partial charge in [-0.25, -0.2) is 0 Å². The van der Waals surface area contributed by atoms with Crippen LogP contribution in [0.25, 0.3) is 0 Å². The van der Waals surface area contributed by atoms with Crippen LogP contribution in [0.4, 0.5) is 0 Å². The molecule has 0 fully saturated rings. The highest BCUT2D eigenvalue weighted by atomic mass is 35.5. The molecule has 1 aromatic heterocycles. The Morgan fingerprint density at radius 2 is 1.95 bits per heavy atom. The minimum Gasteiger partial charge on any atom is -0.486 e. The van der Waals surface area contributed by atoms with Gasteiger partial charge < -0.3 is 10.1 Å². The van der Waals surface area contributed by atoms with Crippen molar-refractivity contribution >= 4 is 22.9 Å². The predicted octanol–water partition coefficient (Wildman–Crippen LogP) is 4.65. The molecule has 2 rings (SSSR count). The zero-order valence-corrected chi connectivity index (χ0v) is 13.5. The number of nitrogens with one attached hydrogen (secondary N) is 1. The Morgan fingerprint density at radius 3 is 2.65 bits per heavy atom. The summed E-state index contributed by atoms with van der Waals surface area (Å²) in [7, 11) is 0. The van der Waals surface area contributed by atoms with Gasteiger partial charge in [-0.3, -0.25) is 0 Å². The normalized spacial score (nSPS) is 10.8. The molecule has 2 nitrogen and oxygen atoms in total. The van der Waals surface area contributed by atoms with Gasteiger partial charge in [0.2, 0.25) is 0 Å². The maximum Gasteiger partial charge on any atom is 0.142 e. The molecule has 0 spiro atoms. The second-order valence-electron chi connectivity index (χ2n) is 4.52. The summed E-state index contributed by atoms with van der Waals surface area (Å²) in [5.41, 5.74) is 1.10. The number of para-hydroxylation sites is 1. The van der Waals surface area contributed by atoms with Crippen LogP contribution in [-0.4, -0.2) is 6.54 Å². The molecule has 1 N–H and O–H groups in total. The van der Waals surface area contributed by atoms with E-state index >= 15 is 0 Å². The lowest BCUT2D eigenvalue weighted by Crippen LogP contribution is -2.13. The monoisotopic (exact) mass is 309 g/mol. The molecule has 0 bridgehead atoms. The van der Waals surface area contributed by atoms with Gasteiger partial charge >= 0.3 is 0 Å². The van der Waals surface area contributed by atoms with E-state index in [4.69, 9.17) is 16.3 Å². The van der Waals surface area contributed by atoms with Crippen molar-refractivity contribution in [3.63, 3.8) is 0 Å². The molecule has 0 saturated heterocycles. The number of ether oxygens (including phenoxy) is 1. The van der Waals surface area contributed by atoms with Gasteiger partial charge in [0.15, 0.2) is 0 Å². The second kappa shape index (κ2) is 7.67. The average Bonchev–Trinajstić information content (AvgIpc) is 2.92. The largest absolute Gasteiger partial charge is 0.486 e. The molecule has 20 heavy (non-hydrogen) atoms. The van der Waals surface area contributed by atoms with Gasteiger partial charge in [0, 0.05) is 21.9 Å². The van der Waals surface area contributed by atoms with Crippen molar-refractivity contribution in [2.24, 2.45) is 0 Å². The summed E-state index contributed by atoms with van der Waals surface area (Å²) in [4.78, 5) is 2.62. The van der Waals surface area contributed by atoms with Crippen LogP contribution in [-0.2, 0) is 19.6 Å². The standard InChI is InChI=1S/C16H20ClNOS/c1-3-13-8-9-14(20-13)11-19-16-12(10-18-4-2)6-5-7-15(16)17/h5-9,18H,3-4,10-11H2,1-2H3. The first kappa shape index (κ1) is 15.4. The number of halogens is 1. The SMILES string of the molecule is CCNCc1cccc(Cl)c1OCc1ccc(CC)s1. The van der Waals surface area contributed by atoms with E-state index in [0.29, 0.717) is 11.6 Å². The van der Waals surface area contributed by atoms with Crippen LogP contribution in [0.2, 0.25) is 5.02 Å². The topological polar surface area (TPSA) is 21.3 Å². The first-order valence-electron chi connectivity index (χ1n) is 6.93. The van der Waals surface area contributed by atoms with E-state index in [1.165, 1.54) is 9.75 Å². The van der Waals surface area contributed by atoms with Crippen LogP contribution < -0.4 is 10.1 Å². The first-order valence-corrected chi connectivity index (χ1v) is 8.12. The number of hydrogen-bond donors (Lipinski definition) is 1. The molecule has 1 heterocycles. The third-order valence-corrected chi connectivity index (χ3v) is 4.54. The Hall–Kier alpha value is -1.03. The molecule has 0 unspecified atom stereocenters. The molecule has 0 aliphatic carbocycles. The number of rotatable bonds is 7. The lowest BCUT2D eigenvalue weighted by molar-refractivity contribution is 0.306. The quantitative estimate of drug-likeness (QED) is 0.803. The third-order valence-electron chi connectivity index (χ3n) is 3.04. The van der Waals surface area contributed by atoms with Crippen molar-refractivity contribution in [3.8, 4) is 5.75 Å². The molecule has 4 heteroatoms. The minimum absolute atomic E-state index is 0.577. The van der Waals surface area contributed by atoms with Crippen molar-refractivity contribution in [2.75, 3.05) is 6.54 Å². The number of hydrogen-bond acceptors (Lipinski definition) is 3. The molecule has 0 radical (unpaired) electrons. The summed E-state index contributed by atoms with van der Waals surface area (Å²) in [5.74, 6) is 0.793. The summed E-state index contributed by atoms with van der Waals surface area (Å²) in [6.07, 6.45) is 1.07. The van der Waals surface area contributed by atoms with E-state index in [1.54, 1.807) is 11.3 Å². The van der Waals surface area contributed by atoms with Crippen LogP contribution in [0.3, 0.4) is 0 Å². The van der Waals surface area contributed by atoms with E-state index in [2.05, 4.69) is 37.4 Å². The van der Waals surface area contributed by atoms with Crippen LogP contribution in [0.1, 0.15) is 29.2 Å². The molecule has 2 aromatic rings. The van der Waals surface area contributed by atoms with Crippen molar-refractivity contribution in [3.05, 3.63) is 50.7 Å². The van der Waals surface area contributed by atoms with Gasteiger partial charge in [-0.1, -0.05) is 37.6 Å². The number of thiophene rings is 1. The second-order valence-corrected chi connectivity index (χ2v) is 6.18. The highest BCUT2D eigenvalue weighted by Crippen LogP contribution is 2.30. The van der Waals surface area contributed by atoms with Crippen LogP contribution in [0.5, 0.6) is 5.75 Å². The van der Waals surface area contributed by atoms with Crippen molar-refractivity contribution < 1.29 is 4.74 Å². The molecule has 0 aliphatic rings. The molecule has 1 aromatic carbocycles. The summed E-state index contributed by atoms with van der Waals surface area (Å²) in [5, 5.41) is 3.98. The van der Waals surface area contributed by atoms with Gasteiger partial charge in [0.05, 0.1) is 5.02 Å². The Balaban J connectivity index is 2.07.